The van der Waals surface area contributed by atoms with Crippen molar-refractivity contribution in [3.63, 3.8) is 0 Å². The van der Waals surface area contributed by atoms with Crippen molar-refractivity contribution in [2.45, 2.75) is 19.4 Å². The standard InChI is InChI=1S/C20H21N5O3/c1-2-9-22-20(26)25-12-17(13-25)27-16-7-5-14(6-8-16)18-23-19(28-24-18)15-4-3-10-21-11-15/h3-8,10-11,17H,2,9,12-13H2,1H3,(H,22,26). The number of hydrogen-bond donors (Lipinski definition) is 1. The molecule has 0 unspecified atom stereocenters. The van der Waals surface area contributed by atoms with Crippen LogP contribution in [-0.4, -0.2) is 51.8 Å². The van der Waals surface area contributed by atoms with Gasteiger partial charge in [0.25, 0.3) is 5.89 Å². The van der Waals surface area contributed by atoms with Crippen LogP contribution in [0.5, 0.6) is 5.75 Å². The van der Waals surface area contributed by atoms with Gasteiger partial charge in [-0.1, -0.05) is 12.1 Å². The van der Waals surface area contributed by atoms with E-state index in [9.17, 15) is 4.79 Å². The van der Waals surface area contributed by atoms with E-state index in [0.29, 0.717) is 31.3 Å². The molecule has 1 fully saturated rings. The molecule has 3 aromatic rings. The van der Waals surface area contributed by atoms with Gasteiger partial charge < -0.3 is 19.5 Å². The highest BCUT2D eigenvalue weighted by Crippen LogP contribution is 2.25. The average molecular weight is 379 g/mol. The van der Waals surface area contributed by atoms with E-state index in [4.69, 9.17) is 9.26 Å². The second-order valence-corrected chi connectivity index (χ2v) is 6.57. The molecule has 1 N–H and O–H groups in total. The predicted octanol–water partition coefficient (Wildman–Crippen LogP) is 2.98. The van der Waals surface area contributed by atoms with E-state index >= 15 is 0 Å². The van der Waals surface area contributed by atoms with Gasteiger partial charge in [0.2, 0.25) is 5.82 Å². The molecule has 0 aliphatic carbocycles. The minimum absolute atomic E-state index is 0.0144. The summed E-state index contributed by atoms with van der Waals surface area (Å²) in [6, 6.07) is 11.2. The number of benzene rings is 1. The van der Waals surface area contributed by atoms with Crippen LogP contribution in [0.4, 0.5) is 4.79 Å². The zero-order valence-electron chi connectivity index (χ0n) is 15.5. The monoisotopic (exact) mass is 379 g/mol. The number of aromatic nitrogens is 3. The van der Waals surface area contributed by atoms with Gasteiger partial charge in [-0.25, -0.2) is 4.79 Å². The van der Waals surface area contributed by atoms with Crippen molar-refractivity contribution < 1.29 is 14.1 Å². The number of nitrogens with one attached hydrogen (secondary N) is 1. The molecule has 8 heteroatoms. The molecule has 1 aromatic carbocycles. The van der Waals surface area contributed by atoms with E-state index in [2.05, 4.69) is 20.4 Å². The summed E-state index contributed by atoms with van der Waals surface area (Å²) in [6.45, 7) is 3.91. The second-order valence-electron chi connectivity index (χ2n) is 6.57. The van der Waals surface area contributed by atoms with Gasteiger partial charge in [0, 0.05) is 24.5 Å². The number of pyridine rings is 1. The molecule has 0 atom stereocenters. The van der Waals surface area contributed by atoms with Crippen LogP contribution in [-0.2, 0) is 0 Å². The Morgan fingerprint density at radius 1 is 1.25 bits per heavy atom. The van der Waals surface area contributed by atoms with Crippen molar-refractivity contribution in [1.29, 1.82) is 0 Å². The van der Waals surface area contributed by atoms with Gasteiger partial charge in [-0.05, 0) is 42.8 Å². The number of rotatable bonds is 6. The Morgan fingerprint density at radius 3 is 2.79 bits per heavy atom. The minimum atomic E-state index is -0.0291. The molecule has 144 valence electrons. The van der Waals surface area contributed by atoms with Gasteiger partial charge >= 0.3 is 6.03 Å². The Balaban J connectivity index is 1.33. The molecule has 0 saturated carbocycles. The summed E-state index contributed by atoms with van der Waals surface area (Å²) < 4.78 is 11.2. The van der Waals surface area contributed by atoms with Crippen molar-refractivity contribution in [1.82, 2.24) is 25.3 Å². The number of carbonyl (C=O) groups is 1. The molecule has 0 bridgehead atoms. The number of nitrogens with zero attached hydrogens (tertiary/aromatic N) is 4. The lowest BCUT2D eigenvalue weighted by molar-refractivity contribution is 0.0445. The van der Waals surface area contributed by atoms with Crippen molar-refractivity contribution in [3.05, 3.63) is 48.8 Å². The lowest BCUT2D eigenvalue weighted by Crippen LogP contribution is -2.58. The van der Waals surface area contributed by atoms with Gasteiger partial charge in [0.1, 0.15) is 11.9 Å². The Labute approximate surface area is 162 Å². The third kappa shape index (κ3) is 3.95. The van der Waals surface area contributed by atoms with Gasteiger partial charge in [-0.15, -0.1) is 0 Å². The van der Waals surface area contributed by atoms with Gasteiger partial charge in [0.05, 0.1) is 18.7 Å². The van der Waals surface area contributed by atoms with E-state index in [-0.39, 0.29) is 12.1 Å². The van der Waals surface area contributed by atoms with Crippen LogP contribution in [0.2, 0.25) is 0 Å². The van der Waals surface area contributed by atoms with Crippen LogP contribution in [0, 0.1) is 0 Å². The maximum absolute atomic E-state index is 11.8. The van der Waals surface area contributed by atoms with Gasteiger partial charge in [-0.2, -0.15) is 4.98 Å². The van der Waals surface area contributed by atoms with Crippen LogP contribution < -0.4 is 10.1 Å². The van der Waals surface area contributed by atoms with Crippen molar-refractivity contribution in [3.8, 4) is 28.6 Å². The molecule has 2 amide bonds. The molecule has 2 aromatic heterocycles. The average Bonchev–Trinajstić information content (AvgIpc) is 3.20. The summed E-state index contributed by atoms with van der Waals surface area (Å²) in [4.78, 5) is 22.0. The lowest BCUT2D eigenvalue weighted by atomic mass is 10.1. The van der Waals surface area contributed by atoms with Gasteiger partial charge in [0.15, 0.2) is 0 Å². The fourth-order valence-electron chi connectivity index (χ4n) is 2.84. The first-order valence-corrected chi connectivity index (χ1v) is 9.27. The zero-order chi connectivity index (χ0) is 19.3. The molecular weight excluding hydrogens is 358 g/mol. The molecule has 0 radical (unpaired) electrons. The molecule has 8 nitrogen and oxygen atoms in total. The number of ether oxygens (including phenoxy) is 1. The third-order valence-electron chi connectivity index (χ3n) is 4.41. The van der Waals surface area contributed by atoms with Gasteiger partial charge in [-0.3, -0.25) is 4.98 Å². The maximum atomic E-state index is 11.8. The number of amides is 2. The minimum Gasteiger partial charge on any atom is -0.487 e. The Kier molecular flexibility index (Phi) is 5.18. The van der Waals surface area contributed by atoms with E-state index in [0.717, 1.165) is 23.3 Å². The maximum Gasteiger partial charge on any atom is 0.317 e. The fraction of sp³-hybridized carbons (Fsp3) is 0.300. The van der Waals surface area contributed by atoms with Crippen LogP contribution in [0.1, 0.15) is 13.3 Å². The molecule has 1 aliphatic heterocycles. The van der Waals surface area contributed by atoms with Crippen LogP contribution in [0.25, 0.3) is 22.8 Å². The number of likely N-dealkylation sites (tertiary alicyclic amines) is 1. The first-order valence-electron chi connectivity index (χ1n) is 9.27. The zero-order valence-corrected chi connectivity index (χ0v) is 15.5. The van der Waals surface area contributed by atoms with Crippen LogP contribution in [0.3, 0.4) is 0 Å². The second kappa shape index (κ2) is 8.08. The van der Waals surface area contributed by atoms with Crippen molar-refractivity contribution >= 4 is 6.03 Å². The molecule has 0 spiro atoms. The molecular formula is C20H21N5O3. The third-order valence-corrected chi connectivity index (χ3v) is 4.41. The van der Waals surface area contributed by atoms with E-state index in [1.54, 1.807) is 17.3 Å². The number of carbonyl (C=O) groups excluding carboxylic acids is 1. The Hall–Kier alpha value is -3.42. The summed E-state index contributed by atoms with van der Waals surface area (Å²) >= 11 is 0. The quantitative estimate of drug-likeness (QED) is 0.708. The number of hydrogen-bond acceptors (Lipinski definition) is 6. The first kappa shape index (κ1) is 18.0. The molecule has 3 heterocycles. The Bertz CT molecular complexity index is 921. The summed E-state index contributed by atoms with van der Waals surface area (Å²) in [5, 5.41) is 6.89. The number of urea groups is 1. The van der Waals surface area contributed by atoms with Crippen molar-refractivity contribution in [2.75, 3.05) is 19.6 Å². The van der Waals surface area contributed by atoms with Crippen molar-refractivity contribution in [2.24, 2.45) is 0 Å². The van der Waals surface area contributed by atoms with E-state index < -0.39 is 0 Å². The summed E-state index contributed by atoms with van der Waals surface area (Å²) in [5.74, 6) is 1.69. The highest BCUT2D eigenvalue weighted by Gasteiger charge is 2.32. The smallest absolute Gasteiger partial charge is 0.317 e. The van der Waals surface area contributed by atoms with Crippen LogP contribution >= 0.6 is 0 Å². The lowest BCUT2D eigenvalue weighted by Gasteiger charge is -2.38. The molecule has 28 heavy (non-hydrogen) atoms. The topological polar surface area (TPSA) is 93.4 Å². The van der Waals surface area contributed by atoms with Crippen LogP contribution in [0.15, 0.2) is 53.3 Å². The van der Waals surface area contributed by atoms with E-state index in [1.807, 2.05) is 43.3 Å². The Morgan fingerprint density at radius 2 is 2.07 bits per heavy atom. The molecule has 1 saturated heterocycles. The van der Waals surface area contributed by atoms with E-state index in [1.165, 1.54) is 0 Å². The largest absolute Gasteiger partial charge is 0.487 e. The molecule has 1 aliphatic rings. The highest BCUT2D eigenvalue weighted by atomic mass is 16.5. The normalized spacial score (nSPS) is 13.8. The summed E-state index contributed by atoms with van der Waals surface area (Å²) in [7, 11) is 0. The first-order chi connectivity index (χ1) is 13.7. The molecule has 4 rings (SSSR count). The SMILES string of the molecule is CCCNC(=O)N1CC(Oc2ccc(-c3noc(-c4cccnc4)n3)cc2)C1. The fourth-order valence-corrected chi connectivity index (χ4v) is 2.84. The predicted molar refractivity (Wildman–Crippen MR) is 103 cm³/mol. The summed E-state index contributed by atoms with van der Waals surface area (Å²) in [5.41, 5.74) is 1.61. The summed E-state index contributed by atoms with van der Waals surface area (Å²) in [6.07, 6.45) is 4.31. The highest BCUT2D eigenvalue weighted by molar-refractivity contribution is 5.75.